The number of aromatic nitrogens is 3. The van der Waals surface area contributed by atoms with Crippen LogP contribution in [-0.4, -0.2) is 20.7 Å². The standard InChI is InChI=1S/C24H25N5/c25-29-16-21(20-14-18(15-26-24(20)29)17-8-3-1-4-9-17)22-12-7-13-23(28-22)27-19-10-5-2-6-11-19/h1,3-4,7-9,12-16,19H,2,5-6,10-11,25H2,(H,27,28). The Hall–Kier alpha value is -3.34. The first-order chi connectivity index (χ1) is 14.3. The van der Waals surface area contributed by atoms with Gasteiger partial charge in [-0.25, -0.2) is 9.97 Å². The molecule has 4 aromatic rings. The summed E-state index contributed by atoms with van der Waals surface area (Å²) in [5, 5.41) is 4.63. The summed E-state index contributed by atoms with van der Waals surface area (Å²) in [5.74, 6) is 7.13. The normalized spacial score (nSPS) is 14.9. The van der Waals surface area contributed by atoms with Crippen molar-refractivity contribution in [3.8, 4) is 22.4 Å². The Balaban J connectivity index is 1.53. The molecule has 1 saturated carbocycles. The molecule has 3 aromatic heterocycles. The van der Waals surface area contributed by atoms with E-state index >= 15 is 0 Å². The molecule has 0 aliphatic heterocycles. The molecule has 5 nitrogen and oxygen atoms in total. The van der Waals surface area contributed by atoms with E-state index in [2.05, 4.69) is 34.6 Å². The SMILES string of the molecule is Nn1cc(-c2cccc(NC3CCCCC3)n2)c2cc(-c3ccccc3)cnc21. The van der Waals surface area contributed by atoms with Gasteiger partial charge in [-0.15, -0.1) is 0 Å². The number of hydrogen-bond acceptors (Lipinski definition) is 4. The van der Waals surface area contributed by atoms with Crippen LogP contribution >= 0.6 is 0 Å². The third kappa shape index (κ3) is 3.56. The fourth-order valence-electron chi connectivity index (χ4n) is 4.25. The number of nitrogens with one attached hydrogen (secondary N) is 1. The molecule has 0 saturated heterocycles. The molecule has 0 unspecified atom stereocenters. The van der Waals surface area contributed by atoms with Gasteiger partial charge in [-0.05, 0) is 36.6 Å². The van der Waals surface area contributed by atoms with Gasteiger partial charge in [-0.1, -0.05) is 55.7 Å². The van der Waals surface area contributed by atoms with E-state index in [4.69, 9.17) is 10.8 Å². The molecule has 1 aliphatic rings. The molecule has 1 aromatic carbocycles. The van der Waals surface area contributed by atoms with Crippen LogP contribution in [0.1, 0.15) is 32.1 Å². The van der Waals surface area contributed by atoms with Crippen molar-refractivity contribution in [1.82, 2.24) is 14.6 Å². The quantitative estimate of drug-likeness (QED) is 0.474. The van der Waals surface area contributed by atoms with Crippen molar-refractivity contribution in [2.75, 3.05) is 11.2 Å². The van der Waals surface area contributed by atoms with Crippen LogP contribution in [0, 0.1) is 0 Å². The second kappa shape index (κ2) is 7.59. The van der Waals surface area contributed by atoms with Gasteiger partial charge in [-0.3, -0.25) is 4.68 Å². The Kier molecular flexibility index (Phi) is 4.64. The van der Waals surface area contributed by atoms with Gasteiger partial charge in [0.2, 0.25) is 0 Å². The molecule has 0 bridgehead atoms. The molecule has 1 aliphatic carbocycles. The second-order valence-electron chi connectivity index (χ2n) is 7.80. The molecule has 0 atom stereocenters. The smallest absolute Gasteiger partial charge is 0.158 e. The van der Waals surface area contributed by atoms with E-state index < -0.39 is 0 Å². The lowest BCUT2D eigenvalue weighted by molar-refractivity contribution is 0.462. The predicted octanol–water partition coefficient (Wildman–Crippen LogP) is 5.22. The highest BCUT2D eigenvalue weighted by atomic mass is 15.3. The third-order valence-corrected chi connectivity index (χ3v) is 5.76. The number of benzene rings is 1. The van der Waals surface area contributed by atoms with Gasteiger partial charge in [0.15, 0.2) is 5.65 Å². The van der Waals surface area contributed by atoms with Crippen molar-refractivity contribution in [2.45, 2.75) is 38.1 Å². The molecule has 5 heteroatoms. The molecule has 3 heterocycles. The number of fused-ring (bicyclic) bond motifs is 1. The summed E-state index contributed by atoms with van der Waals surface area (Å²) in [6.45, 7) is 0. The van der Waals surface area contributed by atoms with Crippen LogP contribution in [-0.2, 0) is 0 Å². The average molecular weight is 383 g/mol. The molecule has 1 fully saturated rings. The van der Waals surface area contributed by atoms with Crippen molar-refractivity contribution < 1.29 is 0 Å². The van der Waals surface area contributed by atoms with E-state index in [0.717, 1.165) is 39.2 Å². The number of nitrogens with zero attached hydrogens (tertiary/aromatic N) is 3. The summed E-state index contributed by atoms with van der Waals surface area (Å²) in [7, 11) is 0. The maximum Gasteiger partial charge on any atom is 0.158 e. The Morgan fingerprint density at radius 1 is 0.931 bits per heavy atom. The Morgan fingerprint density at radius 2 is 1.76 bits per heavy atom. The summed E-state index contributed by atoms with van der Waals surface area (Å²) in [5.41, 5.74) is 4.87. The minimum Gasteiger partial charge on any atom is -0.367 e. The van der Waals surface area contributed by atoms with Gasteiger partial charge in [0, 0.05) is 34.9 Å². The summed E-state index contributed by atoms with van der Waals surface area (Å²) < 4.78 is 1.59. The number of hydrogen-bond donors (Lipinski definition) is 2. The lowest BCUT2D eigenvalue weighted by Crippen LogP contribution is -2.22. The van der Waals surface area contributed by atoms with Crippen molar-refractivity contribution in [3.63, 3.8) is 0 Å². The zero-order valence-corrected chi connectivity index (χ0v) is 16.4. The van der Waals surface area contributed by atoms with Crippen molar-refractivity contribution in [1.29, 1.82) is 0 Å². The fourth-order valence-corrected chi connectivity index (χ4v) is 4.25. The number of anilines is 1. The largest absolute Gasteiger partial charge is 0.367 e. The Morgan fingerprint density at radius 3 is 2.59 bits per heavy atom. The summed E-state index contributed by atoms with van der Waals surface area (Å²) in [6.07, 6.45) is 10.2. The van der Waals surface area contributed by atoms with E-state index in [0.29, 0.717) is 6.04 Å². The molecule has 0 spiro atoms. The highest BCUT2D eigenvalue weighted by Crippen LogP contribution is 2.31. The number of rotatable bonds is 4. The minimum atomic E-state index is 0.522. The first-order valence-corrected chi connectivity index (χ1v) is 10.3. The zero-order valence-electron chi connectivity index (χ0n) is 16.4. The molecule has 146 valence electrons. The van der Waals surface area contributed by atoms with Crippen molar-refractivity contribution >= 4 is 16.9 Å². The van der Waals surface area contributed by atoms with Crippen LogP contribution in [0.4, 0.5) is 5.82 Å². The van der Waals surface area contributed by atoms with Crippen LogP contribution in [0.5, 0.6) is 0 Å². The van der Waals surface area contributed by atoms with Gasteiger partial charge < -0.3 is 11.2 Å². The van der Waals surface area contributed by atoms with Crippen LogP contribution < -0.4 is 11.2 Å². The summed E-state index contributed by atoms with van der Waals surface area (Å²) in [4.78, 5) is 9.51. The van der Waals surface area contributed by atoms with Crippen LogP contribution in [0.2, 0.25) is 0 Å². The van der Waals surface area contributed by atoms with E-state index in [1.54, 1.807) is 4.68 Å². The van der Waals surface area contributed by atoms with Crippen molar-refractivity contribution in [3.05, 3.63) is 67.0 Å². The van der Waals surface area contributed by atoms with Crippen LogP contribution in [0.3, 0.4) is 0 Å². The molecule has 0 amide bonds. The first-order valence-electron chi connectivity index (χ1n) is 10.3. The molecular formula is C24H25N5. The number of nitrogens with two attached hydrogens (primary N) is 1. The maximum absolute atomic E-state index is 6.20. The minimum absolute atomic E-state index is 0.522. The second-order valence-corrected chi connectivity index (χ2v) is 7.80. The van der Waals surface area contributed by atoms with Crippen LogP contribution in [0.25, 0.3) is 33.4 Å². The van der Waals surface area contributed by atoms with E-state index in [9.17, 15) is 0 Å². The van der Waals surface area contributed by atoms with Gasteiger partial charge in [0.1, 0.15) is 5.82 Å². The molecule has 3 N–H and O–H groups in total. The van der Waals surface area contributed by atoms with Gasteiger partial charge in [0.05, 0.1) is 5.69 Å². The maximum atomic E-state index is 6.20. The van der Waals surface area contributed by atoms with Gasteiger partial charge >= 0.3 is 0 Å². The van der Waals surface area contributed by atoms with Gasteiger partial charge in [0.25, 0.3) is 0 Å². The van der Waals surface area contributed by atoms with Crippen molar-refractivity contribution in [2.24, 2.45) is 0 Å². The third-order valence-electron chi connectivity index (χ3n) is 5.76. The molecule has 29 heavy (non-hydrogen) atoms. The summed E-state index contributed by atoms with van der Waals surface area (Å²) in [6, 6.07) is 19.1. The van der Waals surface area contributed by atoms with E-state index in [1.165, 1.54) is 32.1 Å². The number of pyridine rings is 2. The van der Waals surface area contributed by atoms with E-state index in [-0.39, 0.29) is 0 Å². The Bertz CT molecular complexity index is 1130. The van der Waals surface area contributed by atoms with Gasteiger partial charge in [-0.2, -0.15) is 0 Å². The molecule has 5 rings (SSSR count). The van der Waals surface area contributed by atoms with Crippen LogP contribution in [0.15, 0.2) is 67.0 Å². The Labute approximate surface area is 170 Å². The summed E-state index contributed by atoms with van der Waals surface area (Å²) >= 11 is 0. The predicted molar refractivity (Wildman–Crippen MR) is 119 cm³/mol. The molecule has 0 radical (unpaired) electrons. The fraction of sp³-hybridized carbons (Fsp3) is 0.250. The lowest BCUT2D eigenvalue weighted by Gasteiger charge is -2.23. The first kappa shape index (κ1) is 17.7. The number of nitrogen functional groups attached to an aromatic ring is 1. The average Bonchev–Trinajstić information content (AvgIpc) is 3.11. The monoisotopic (exact) mass is 383 g/mol. The molecular weight excluding hydrogens is 358 g/mol. The van der Waals surface area contributed by atoms with E-state index in [1.807, 2.05) is 42.7 Å². The highest BCUT2D eigenvalue weighted by molar-refractivity contribution is 5.95. The lowest BCUT2D eigenvalue weighted by atomic mass is 9.95. The topological polar surface area (TPSA) is 68.8 Å². The zero-order chi connectivity index (χ0) is 19.6. The highest BCUT2D eigenvalue weighted by Gasteiger charge is 2.16.